The van der Waals surface area contributed by atoms with E-state index in [0.717, 1.165) is 16.4 Å². The third-order valence-electron chi connectivity index (χ3n) is 2.72. The van der Waals surface area contributed by atoms with Crippen LogP contribution in [0.15, 0.2) is 58.8 Å². The van der Waals surface area contributed by atoms with Gasteiger partial charge in [-0.25, -0.2) is 9.67 Å². The molecule has 6 nitrogen and oxygen atoms in total. The van der Waals surface area contributed by atoms with Crippen LogP contribution >= 0.6 is 11.8 Å². The fraction of sp³-hybridized carbons (Fsp3) is 0.143. The highest BCUT2D eigenvalue weighted by Gasteiger charge is 2.10. The van der Waals surface area contributed by atoms with Gasteiger partial charge >= 0.3 is 0 Å². The van der Waals surface area contributed by atoms with Crippen LogP contribution in [0.3, 0.4) is 0 Å². The van der Waals surface area contributed by atoms with Crippen molar-refractivity contribution in [2.24, 2.45) is 0 Å². The lowest BCUT2D eigenvalue weighted by Gasteiger charge is -1.98. The molecule has 1 aromatic carbocycles. The van der Waals surface area contributed by atoms with Crippen LogP contribution in [-0.4, -0.2) is 25.2 Å². The van der Waals surface area contributed by atoms with E-state index in [1.54, 1.807) is 17.0 Å². The number of thioether (sulfide) groups is 1. The van der Waals surface area contributed by atoms with E-state index in [1.165, 1.54) is 11.8 Å². The molecule has 0 saturated carbocycles. The number of oxazole rings is 1. The molecule has 3 aromatic rings. The van der Waals surface area contributed by atoms with Crippen molar-refractivity contribution in [1.29, 1.82) is 0 Å². The van der Waals surface area contributed by atoms with Crippen molar-refractivity contribution in [2.45, 2.75) is 17.5 Å². The van der Waals surface area contributed by atoms with E-state index in [4.69, 9.17) is 4.42 Å². The molecular weight excluding hydrogens is 286 g/mol. The molecule has 21 heavy (non-hydrogen) atoms. The second-order valence-corrected chi connectivity index (χ2v) is 5.17. The number of benzene rings is 1. The predicted octanol–water partition coefficient (Wildman–Crippen LogP) is 2.81. The molecule has 0 bridgehead atoms. The van der Waals surface area contributed by atoms with Crippen LogP contribution in [-0.2, 0) is 12.3 Å². The van der Waals surface area contributed by atoms with Gasteiger partial charge in [-0.1, -0.05) is 36.0 Å². The van der Waals surface area contributed by atoms with Crippen LogP contribution in [0, 0.1) is 0 Å². The van der Waals surface area contributed by atoms with Crippen LogP contribution < -0.4 is 0 Å². The normalized spacial score (nSPS) is 10.7. The number of tetrazole rings is 1. The van der Waals surface area contributed by atoms with Crippen molar-refractivity contribution in [2.75, 3.05) is 0 Å². The summed E-state index contributed by atoms with van der Waals surface area (Å²) in [5.41, 5.74) is 1.82. The summed E-state index contributed by atoms with van der Waals surface area (Å²) in [5, 5.41) is 12.3. The predicted molar refractivity (Wildman–Crippen MR) is 79.5 cm³/mol. The van der Waals surface area contributed by atoms with E-state index in [-0.39, 0.29) is 0 Å². The van der Waals surface area contributed by atoms with Gasteiger partial charge in [-0.15, -0.1) is 11.7 Å². The lowest BCUT2D eigenvalue weighted by Crippen LogP contribution is -1.99. The van der Waals surface area contributed by atoms with E-state index in [2.05, 4.69) is 27.1 Å². The maximum absolute atomic E-state index is 5.50. The van der Waals surface area contributed by atoms with Crippen molar-refractivity contribution < 1.29 is 4.42 Å². The van der Waals surface area contributed by atoms with Gasteiger partial charge < -0.3 is 4.42 Å². The Hall–Kier alpha value is -2.41. The molecular formula is C14H13N5OS. The van der Waals surface area contributed by atoms with E-state index in [0.29, 0.717) is 18.2 Å². The number of allylic oxidation sites excluding steroid dienone is 1. The Bertz CT molecular complexity index is 722. The van der Waals surface area contributed by atoms with Crippen molar-refractivity contribution >= 4 is 11.8 Å². The fourth-order valence-corrected chi connectivity index (χ4v) is 2.53. The van der Waals surface area contributed by atoms with Crippen LogP contribution in [0.5, 0.6) is 0 Å². The standard InChI is InChI=1S/C14H13N5OS/c1-2-8-19-14(16-17-18-19)21-10-12-9-20-13(15-12)11-6-4-3-5-7-11/h2-7,9H,1,8,10H2. The van der Waals surface area contributed by atoms with Gasteiger partial charge in [0.25, 0.3) is 0 Å². The second kappa shape index (κ2) is 6.36. The van der Waals surface area contributed by atoms with E-state index >= 15 is 0 Å². The number of nitrogens with zero attached hydrogens (tertiary/aromatic N) is 5. The molecule has 0 N–H and O–H groups in total. The van der Waals surface area contributed by atoms with E-state index in [1.807, 2.05) is 30.3 Å². The Kier molecular flexibility index (Phi) is 4.11. The van der Waals surface area contributed by atoms with Gasteiger partial charge in [0.05, 0.1) is 12.2 Å². The third-order valence-corrected chi connectivity index (χ3v) is 3.71. The fourth-order valence-electron chi connectivity index (χ4n) is 1.76. The van der Waals surface area contributed by atoms with Crippen LogP contribution in [0.1, 0.15) is 5.69 Å². The average Bonchev–Trinajstić information content (AvgIpc) is 3.16. The van der Waals surface area contributed by atoms with Gasteiger partial charge in [0.2, 0.25) is 11.0 Å². The molecule has 7 heteroatoms. The highest BCUT2D eigenvalue weighted by Crippen LogP contribution is 2.23. The number of hydrogen-bond acceptors (Lipinski definition) is 6. The van der Waals surface area contributed by atoms with Crippen LogP contribution in [0.2, 0.25) is 0 Å². The third kappa shape index (κ3) is 3.19. The molecule has 0 amide bonds. The zero-order valence-corrected chi connectivity index (χ0v) is 12.0. The molecule has 0 saturated heterocycles. The molecule has 0 aliphatic rings. The maximum Gasteiger partial charge on any atom is 0.226 e. The topological polar surface area (TPSA) is 69.6 Å². The first-order chi connectivity index (χ1) is 10.4. The summed E-state index contributed by atoms with van der Waals surface area (Å²) in [7, 11) is 0. The molecule has 0 unspecified atom stereocenters. The summed E-state index contributed by atoms with van der Waals surface area (Å²) in [5.74, 6) is 1.27. The zero-order valence-electron chi connectivity index (χ0n) is 11.2. The minimum atomic E-state index is 0.587. The summed E-state index contributed by atoms with van der Waals surface area (Å²) >= 11 is 1.51. The number of hydrogen-bond donors (Lipinski definition) is 0. The summed E-state index contributed by atoms with van der Waals surface area (Å²) in [6, 6.07) is 9.80. The molecule has 0 aliphatic heterocycles. The minimum absolute atomic E-state index is 0.587. The molecule has 0 aliphatic carbocycles. The van der Waals surface area contributed by atoms with Crippen LogP contribution in [0.25, 0.3) is 11.5 Å². The zero-order chi connectivity index (χ0) is 14.5. The molecule has 0 radical (unpaired) electrons. The summed E-state index contributed by atoms with van der Waals surface area (Å²) in [4.78, 5) is 4.47. The van der Waals surface area contributed by atoms with E-state index < -0.39 is 0 Å². The Morgan fingerprint density at radius 3 is 2.95 bits per heavy atom. The van der Waals surface area contributed by atoms with Gasteiger partial charge in [-0.05, 0) is 22.6 Å². The van der Waals surface area contributed by atoms with Crippen molar-refractivity contribution in [3.63, 3.8) is 0 Å². The first kappa shape index (κ1) is 13.6. The van der Waals surface area contributed by atoms with E-state index in [9.17, 15) is 0 Å². The van der Waals surface area contributed by atoms with Crippen molar-refractivity contribution in [3.8, 4) is 11.5 Å². The average molecular weight is 299 g/mol. The smallest absolute Gasteiger partial charge is 0.226 e. The van der Waals surface area contributed by atoms with Crippen molar-refractivity contribution in [1.82, 2.24) is 25.2 Å². The highest BCUT2D eigenvalue weighted by molar-refractivity contribution is 7.98. The van der Waals surface area contributed by atoms with Gasteiger partial charge in [0, 0.05) is 11.3 Å². The molecule has 0 atom stereocenters. The molecule has 0 fully saturated rings. The molecule has 0 spiro atoms. The second-order valence-electron chi connectivity index (χ2n) is 4.23. The van der Waals surface area contributed by atoms with Crippen LogP contribution in [0.4, 0.5) is 0 Å². The number of rotatable bonds is 6. The SMILES string of the molecule is C=CCn1nnnc1SCc1coc(-c2ccccc2)n1. The monoisotopic (exact) mass is 299 g/mol. The molecule has 3 rings (SSSR count). The van der Waals surface area contributed by atoms with Gasteiger partial charge in [0.15, 0.2) is 0 Å². The van der Waals surface area contributed by atoms with Gasteiger partial charge in [-0.3, -0.25) is 0 Å². The quantitative estimate of drug-likeness (QED) is 0.515. The summed E-state index contributed by atoms with van der Waals surface area (Å²) in [6.45, 7) is 4.27. The largest absolute Gasteiger partial charge is 0.444 e. The maximum atomic E-state index is 5.50. The Labute approximate surface area is 125 Å². The summed E-state index contributed by atoms with van der Waals surface area (Å²) in [6.07, 6.45) is 3.42. The first-order valence-electron chi connectivity index (χ1n) is 6.36. The Morgan fingerprint density at radius 1 is 1.29 bits per heavy atom. The highest BCUT2D eigenvalue weighted by atomic mass is 32.2. The number of aromatic nitrogens is 5. The minimum Gasteiger partial charge on any atom is -0.444 e. The first-order valence-corrected chi connectivity index (χ1v) is 7.35. The lowest BCUT2D eigenvalue weighted by atomic mass is 10.2. The molecule has 2 aromatic heterocycles. The lowest BCUT2D eigenvalue weighted by molar-refractivity contribution is 0.573. The molecule has 106 valence electrons. The van der Waals surface area contributed by atoms with Crippen molar-refractivity contribution in [3.05, 3.63) is 54.9 Å². The van der Waals surface area contributed by atoms with Gasteiger partial charge in [0.1, 0.15) is 6.26 Å². The Morgan fingerprint density at radius 2 is 2.14 bits per heavy atom. The Balaban J connectivity index is 1.68. The van der Waals surface area contributed by atoms with Gasteiger partial charge in [-0.2, -0.15) is 0 Å². The molecule has 2 heterocycles. The summed E-state index contributed by atoms with van der Waals surface area (Å²) < 4.78 is 7.19.